The van der Waals surface area contributed by atoms with E-state index in [4.69, 9.17) is 0 Å². The number of rotatable bonds is 2. The number of benzene rings is 2. The van der Waals surface area contributed by atoms with Crippen molar-refractivity contribution in [3.63, 3.8) is 0 Å². The first-order valence-corrected chi connectivity index (χ1v) is 7.80. The van der Waals surface area contributed by atoms with Crippen molar-refractivity contribution in [3.8, 4) is 0 Å². The first-order chi connectivity index (χ1) is 10.1. The molecule has 1 aliphatic rings. The van der Waals surface area contributed by atoms with E-state index in [-0.39, 0.29) is 11.9 Å². The molecule has 4 heteroatoms. The molecule has 2 N–H and O–H groups in total. The van der Waals surface area contributed by atoms with Gasteiger partial charge in [0.2, 0.25) is 5.91 Å². The first kappa shape index (κ1) is 14.3. The maximum atomic E-state index is 12.4. The van der Waals surface area contributed by atoms with Gasteiger partial charge in [-0.1, -0.05) is 46.3 Å². The standard InChI is InChI=1S/C17H17BrN2O/c1-11-6-7-14(9-15(11)18)20-17(21)16-8-12-4-2-3-5-13(12)10-19-16/h2-7,9,16,19H,8,10H2,1H3,(H,20,21)/t16-/m1/s1. The van der Waals surface area contributed by atoms with Gasteiger partial charge < -0.3 is 10.6 Å². The van der Waals surface area contributed by atoms with Gasteiger partial charge in [0.05, 0.1) is 6.04 Å². The lowest BCUT2D eigenvalue weighted by Crippen LogP contribution is -2.44. The molecule has 1 atom stereocenters. The number of fused-ring (bicyclic) bond motifs is 1. The molecule has 0 aromatic heterocycles. The molecule has 1 heterocycles. The maximum absolute atomic E-state index is 12.4. The van der Waals surface area contributed by atoms with Crippen molar-refractivity contribution in [3.05, 3.63) is 63.6 Å². The second-order valence-corrected chi connectivity index (χ2v) is 6.21. The van der Waals surface area contributed by atoms with Crippen molar-refractivity contribution >= 4 is 27.5 Å². The summed E-state index contributed by atoms with van der Waals surface area (Å²) < 4.78 is 1.00. The van der Waals surface area contributed by atoms with Gasteiger partial charge in [-0.05, 0) is 42.2 Å². The summed E-state index contributed by atoms with van der Waals surface area (Å²) in [5.41, 5.74) is 4.50. The van der Waals surface area contributed by atoms with Crippen LogP contribution in [0.1, 0.15) is 16.7 Å². The van der Waals surface area contributed by atoms with Crippen LogP contribution in [0.5, 0.6) is 0 Å². The van der Waals surface area contributed by atoms with Crippen LogP contribution in [-0.2, 0) is 17.8 Å². The summed E-state index contributed by atoms with van der Waals surface area (Å²) in [5.74, 6) is 0.0141. The Morgan fingerprint density at radius 1 is 1.24 bits per heavy atom. The highest BCUT2D eigenvalue weighted by Crippen LogP contribution is 2.22. The molecule has 1 aliphatic heterocycles. The van der Waals surface area contributed by atoms with Gasteiger partial charge in [-0.15, -0.1) is 0 Å². The summed E-state index contributed by atoms with van der Waals surface area (Å²) in [5, 5.41) is 6.28. The molecule has 0 aliphatic carbocycles. The minimum atomic E-state index is -0.181. The SMILES string of the molecule is Cc1ccc(NC(=O)[C@H]2Cc3ccccc3CN2)cc1Br. The van der Waals surface area contributed by atoms with Crippen LogP contribution in [0.4, 0.5) is 5.69 Å². The van der Waals surface area contributed by atoms with Crippen molar-refractivity contribution in [1.29, 1.82) is 0 Å². The molecule has 0 saturated heterocycles. The zero-order chi connectivity index (χ0) is 14.8. The number of anilines is 1. The van der Waals surface area contributed by atoms with E-state index >= 15 is 0 Å². The van der Waals surface area contributed by atoms with Gasteiger partial charge >= 0.3 is 0 Å². The number of nitrogens with one attached hydrogen (secondary N) is 2. The predicted octanol–water partition coefficient (Wildman–Crippen LogP) is 3.41. The number of halogens is 1. The average molecular weight is 345 g/mol. The Hall–Kier alpha value is -1.65. The van der Waals surface area contributed by atoms with Crippen LogP contribution in [0.3, 0.4) is 0 Å². The van der Waals surface area contributed by atoms with Crippen LogP contribution in [-0.4, -0.2) is 11.9 Å². The number of hydrogen-bond donors (Lipinski definition) is 2. The van der Waals surface area contributed by atoms with Gasteiger partial charge in [0.25, 0.3) is 0 Å². The Morgan fingerprint density at radius 3 is 2.76 bits per heavy atom. The Kier molecular flexibility index (Phi) is 4.08. The van der Waals surface area contributed by atoms with Crippen LogP contribution in [0.15, 0.2) is 46.9 Å². The number of aryl methyl sites for hydroxylation is 1. The van der Waals surface area contributed by atoms with Crippen molar-refractivity contribution in [1.82, 2.24) is 5.32 Å². The van der Waals surface area contributed by atoms with E-state index in [1.54, 1.807) is 0 Å². The minimum Gasteiger partial charge on any atom is -0.325 e. The zero-order valence-corrected chi connectivity index (χ0v) is 13.4. The summed E-state index contributed by atoms with van der Waals surface area (Å²) in [6.45, 7) is 2.77. The van der Waals surface area contributed by atoms with Crippen LogP contribution in [0.25, 0.3) is 0 Å². The third kappa shape index (κ3) is 3.17. The molecule has 21 heavy (non-hydrogen) atoms. The van der Waals surface area contributed by atoms with E-state index < -0.39 is 0 Å². The molecule has 0 spiro atoms. The fraction of sp³-hybridized carbons (Fsp3) is 0.235. The molecule has 3 rings (SSSR count). The van der Waals surface area contributed by atoms with Gasteiger partial charge in [0.15, 0.2) is 0 Å². The van der Waals surface area contributed by atoms with E-state index in [1.165, 1.54) is 11.1 Å². The average Bonchev–Trinajstić information content (AvgIpc) is 2.50. The number of hydrogen-bond acceptors (Lipinski definition) is 2. The molecule has 2 aromatic carbocycles. The molecular formula is C17H17BrN2O. The Morgan fingerprint density at radius 2 is 2.00 bits per heavy atom. The molecule has 1 amide bonds. The monoisotopic (exact) mass is 344 g/mol. The maximum Gasteiger partial charge on any atom is 0.241 e. The second kappa shape index (κ2) is 6.00. The van der Waals surface area contributed by atoms with Gasteiger partial charge in [0.1, 0.15) is 0 Å². The third-order valence-electron chi connectivity index (χ3n) is 3.84. The number of carbonyl (C=O) groups excluding carboxylic acids is 1. The van der Waals surface area contributed by atoms with Crippen LogP contribution >= 0.6 is 15.9 Å². The lowest BCUT2D eigenvalue weighted by Gasteiger charge is -2.25. The molecule has 0 bridgehead atoms. The summed E-state index contributed by atoms with van der Waals surface area (Å²) in [7, 11) is 0. The molecule has 108 valence electrons. The molecule has 2 aromatic rings. The van der Waals surface area contributed by atoms with E-state index in [2.05, 4.69) is 38.7 Å². The molecule has 3 nitrogen and oxygen atoms in total. The molecule has 0 unspecified atom stereocenters. The highest BCUT2D eigenvalue weighted by atomic mass is 79.9. The van der Waals surface area contributed by atoms with Gasteiger partial charge in [-0.25, -0.2) is 0 Å². The topological polar surface area (TPSA) is 41.1 Å². The van der Waals surface area contributed by atoms with Crippen LogP contribution in [0, 0.1) is 6.92 Å². The largest absolute Gasteiger partial charge is 0.325 e. The van der Waals surface area contributed by atoms with E-state index in [1.807, 2.05) is 37.3 Å². The van der Waals surface area contributed by atoms with Gasteiger partial charge in [-0.2, -0.15) is 0 Å². The Bertz CT molecular complexity index is 684. The molecular weight excluding hydrogens is 328 g/mol. The van der Waals surface area contributed by atoms with Crippen LogP contribution < -0.4 is 10.6 Å². The quantitative estimate of drug-likeness (QED) is 0.876. The smallest absolute Gasteiger partial charge is 0.241 e. The zero-order valence-electron chi connectivity index (χ0n) is 11.8. The predicted molar refractivity (Wildman–Crippen MR) is 88.3 cm³/mol. The fourth-order valence-electron chi connectivity index (χ4n) is 2.54. The normalized spacial score (nSPS) is 17.1. The van der Waals surface area contributed by atoms with E-state index in [0.717, 1.165) is 28.7 Å². The summed E-state index contributed by atoms with van der Waals surface area (Å²) in [6, 6.07) is 13.9. The van der Waals surface area contributed by atoms with Gasteiger partial charge in [-0.3, -0.25) is 4.79 Å². The summed E-state index contributed by atoms with van der Waals surface area (Å²) >= 11 is 3.49. The van der Waals surface area contributed by atoms with Crippen molar-refractivity contribution < 1.29 is 4.79 Å². The number of amides is 1. The lowest BCUT2D eigenvalue weighted by molar-refractivity contribution is -0.118. The fourth-order valence-corrected chi connectivity index (χ4v) is 2.92. The van der Waals surface area contributed by atoms with Crippen molar-refractivity contribution in [2.24, 2.45) is 0 Å². The Balaban J connectivity index is 1.70. The Labute approximate surface area is 132 Å². The highest BCUT2D eigenvalue weighted by Gasteiger charge is 2.23. The first-order valence-electron chi connectivity index (χ1n) is 7.00. The minimum absolute atomic E-state index is 0.0141. The van der Waals surface area contributed by atoms with Crippen molar-refractivity contribution in [2.75, 3.05) is 5.32 Å². The summed E-state index contributed by atoms with van der Waals surface area (Å²) in [6.07, 6.45) is 0.731. The molecule has 0 fully saturated rings. The van der Waals surface area contributed by atoms with Crippen molar-refractivity contribution in [2.45, 2.75) is 25.9 Å². The van der Waals surface area contributed by atoms with E-state index in [9.17, 15) is 4.79 Å². The van der Waals surface area contributed by atoms with E-state index in [0.29, 0.717) is 0 Å². The van der Waals surface area contributed by atoms with Gasteiger partial charge in [0, 0.05) is 16.7 Å². The molecule has 0 radical (unpaired) electrons. The third-order valence-corrected chi connectivity index (χ3v) is 4.69. The molecule has 0 saturated carbocycles. The second-order valence-electron chi connectivity index (χ2n) is 5.36. The lowest BCUT2D eigenvalue weighted by atomic mass is 9.95. The highest BCUT2D eigenvalue weighted by molar-refractivity contribution is 9.10. The summed E-state index contributed by atoms with van der Waals surface area (Å²) in [4.78, 5) is 12.4. The van der Waals surface area contributed by atoms with Crippen LogP contribution in [0.2, 0.25) is 0 Å². The number of carbonyl (C=O) groups is 1.